The van der Waals surface area contributed by atoms with E-state index in [4.69, 9.17) is 23.7 Å². The number of fused-ring (bicyclic) bond motifs is 3. The summed E-state index contributed by atoms with van der Waals surface area (Å²) < 4.78 is 31.6. The van der Waals surface area contributed by atoms with Crippen LogP contribution < -0.4 is 10.6 Å². The van der Waals surface area contributed by atoms with Crippen molar-refractivity contribution in [3.05, 3.63) is 63.9 Å². The van der Waals surface area contributed by atoms with Gasteiger partial charge in [-0.3, -0.25) is 28.8 Å². The largest absolute Gasteiger partial charge is 0.460 e. The molecule has 15 atom stereocenters. The van der Waals surface area contributed by atoms with Crippen LogP contribution in [0.2, 0.25) is 0 Å². The number of rotatable bonds is 9. The Morgan fingerprint density at radius 3 is 2.07 bits per heavy atom. The van der Waals surface area contributed by atoms with Crippen LogP contribution in [-0.4, -0.2) is 143 Å². The fourth-order valence-electron chi connectivity index (χ4n) is 11.6. The summed E-state index contributed by atoms with van der Waals surface area (Å²) in [5.74, 6) is -10.5. The number of amides is 3. The number of ketones is 3. The predicted molar refractivity (Wildman–Crippen MR) is 337 cm³/mol. The smallest absolute Gasteiger partial charge is 0.340 e. The molecule has 4 aliphatic rings. The Morgan fingerprint density at radius 1 is 0.807 bits per heavy atom. The average molecular weight is 1500 g/mol. The van der Waals surface area contributed by atoms with Crippen molar-refractivity contribution >= 4 is 126 Å². The third-order valence-electron chi connectivity index (χ3n) is 16.6. The number of aliphatic hydroxyl groups is 3. The van der Waals surface area contributed by atoms with Crippen LogP contribution in [0, 0.1) is 46.2 Å². The number of methoxy groups -OCH3 is 2. The van der Waals surface area contributed by atoms with E-state index < -0.39 is 102 Å². The minimum atomic E-state index is -2.54. The predicted octanol–water partition coefficient (Wildman–Crippen LogP) is 9.12. The maximum Gasteiger partial charge on any atom is 0.340 e. The summed E-state index contributed by atoms with van der Waals surface area (Å²) in [4.78, 5) is 112. The SMILES string of the molecule is CO[C@@H]1C[C@H](C[C@@H](C)[C@@H]2CC(=O)[C@H](C)/C=C(\C)[C@@H](O)[C@@H](OC)C(=O)[C@H](C)C[C@H](C)/C=C/C=C/C=C(\C)[C@@H](O)C[C@@H]3CC[C@@H](C)[C@@](O)(O3)C(=O)C(=O)N3CCCC[C@H]3C(=O)O2)CC[C@H]1OC(=O)c1c(I)c(NC(C)=O)c(I)c(NC(C)=O)c1I. The fraction of sp³-hybridized carbons (Fsp3) is 0.639. The lowest BCUT2D eigenvalue weighted by atomic mass is 9.78. The standard InChI is InChI=1S/C61H84I3N3O16/c1-31-17-13-12-14-18-32(2)43(70)29-41-22-20-37(7)61(78,83-41)57(74)58(75)67-24-16-15-19-42(67)59(76)82-46(30-44(71)33(3)26-36(6)55(73)56(80-11)54(72)35(5)25-31)34(4)27-40-21-23-45(47(28-40)79-10)81-60(77)48-49(62)52(65-38(8)68)51(64)53(50(48)63)66-39(9)69/h12-14,17-18,26,31,33-35,37,40-43,45-47,55-56,70,73,78H,15-16,19-25,27-30H2,1-11H3,(H,65,68)(H,66,69)/b14-12+,17-13+,32-18+,36-26+/t31-,33-,34-,35-,37-,40+,41+,42+,43+,45-,46+,47-,55-,56+,61-/m1/s1. The fourth-order valence-corrected chi connectivity index (χ4v) is 15.7. The molecule has 83 heavy (non-hydrogen) atoms. The molecule has 0 unspecified atom stereocenters. The number of halogens is 3. The molecule has 3 fully saturated rings. The van der Waals surface area contributed by atoms with E-state index in [-0.39, 0.29) is 66.6 Å². The molecule has 1 aromatic carbocycles. The summed E-state index contributed by atoms with van der Waals surface area (Å²) in [6.07, 6.45) is 7.70. The number of aliphatic hydroxyl groups excluding tert-OH is 2. The molecule has 2 saturated heterocycles. The number of carbonyl (C=O) groups is 8. The van der Waals surface area contributed by atoms with Gasteiger partial charge in [-0.2, -0.15) is 0 Å². The summed E-state index contributed by atoms with van der Waals surface area (Å²) in [7, 11) is 2.87. The quantitative estimate of drug-likeness (QED) is 0.0667. The van der Waals surface area contributed by atoms with Gasteiger partial charge in [-0.25, -0.2) is 9.59 Å². The molecule has 1 aliphatic carbocycles. The molecule has 3 heterocycles. The van der Waals surface area contributed by atoms with Gasteiger partial charge in [0.15, 0.2) is 5.78 Å². The van der Waals surface area contributed by atoms with E-state index >= 15 is 0 Å². The first-order valence-electron chi connectivity index (χ1n) is 28.6. The molecule has 22 heteroatoms. The van der Waals surface area contributed by atoms with Gasteiger partial charge in [-0.1, -0.05) is 71.1 Å². The molecule has 19 nitrogen and oxygen atoms in total. The van der Waals surface area contributed by atoms with Crippen LogP contribution >= 0.6 is 67.8 Å². The highest BCUT2D eigenvalue weighted by atomic mass is 127. The van der Waals surface area contributed by atoms with Crippen LogP contribution in [0.5, 0.6) is 0 Å². The van der Waals surface area contributed by atoms with E-state index in [1.54, 1.807) is 58.9 Å². The molecule has 1 saturated carbocycles. The number of esters is 2. The lowest BCUT2D eigenvalue weighted by Gasteiger charge is -2.42. The molecular formula is C61H84I3N3O16. The highest BCUT2D eigenvalue weighted by Gasteiger charge is 2.53. The molecule has 0 radical (unpaired) electrons. The molecule has 460 valence electrons. The van der Waals surface area contributed by atoms with Crippen LogP contribution in [0.15, 0.2) is 47.6 Å². The Kier molecular flexibility index (Phi) is 27.0. The number of hydrogen-bond acceptors (Lipinski definition) is 16. The lowest BCUT2D eigenvalue weighted by molar-refractivity contribution is -0.265. The minimum absolute atomic E-state index is 0.00984. The number of cyclic esters (lactones) is 1. The number of benzene rings is 1. The zero-order valence-electron chi connectivity index (χ0n) is 49.5. The van der Waals surface area contributed by atoms with Gasteiger partial charge in [0.2, 0.25) is 17.6 Å². The number of ether oxygens (including phenoxy) is 5. The Labute approximate surface area is 529 Å². The van der Waals surface area contributed by atoms with Crippen LogP contribution in [0.1, 0.15) is 150 Å². The molecule has 0 aromatic heterocycles. The van der Waals surface area contributed by atoms with Crippen molar-refractivity contribution in [3.63, 3.8) is 0 Å². The molecule has 3 amide bonds. The molecule has 2 bridgehead atoms. The number of hydrogen-bond donors (Lipinski definition) is 5. The van der Waals surface area contributed by atoms with Crippen molar-refractivity contribution in [2.24, 2.45) is 35.5 Å². The van der Waals surface area contributed by atoms with Gasteiger partial charge in [0.1, 0.15) is 36.2 Å². The second-order valence-corrected chi connectivity index (χ2v) is 26.4. The van der Waals surface area contributed by atoms with E-state index in [0.717, 1.165) is 4.90 Å². The van der Waals surface area contributed by atoms with Gasteiger partial charge >= 0.3 is 11.9 Å². The normalized spacial score (nSPS) is 34.0. The first-order chi connectivity index (χ1) is 39.0. The third kappa shape index (κ3) is 18.3. The summed E-state index contributed by atoms with van der Waals surface area (Å²) in [6, 6.07) is -1.24. The monoisotopic (exact) mass is 1500 g/mol. The van der Waals surface area contributed by atoms with E-state index in [9.17, 15) is 53.7 Å². The minimum Gasteiger partial charge on any atom is -0.460 e. The topological polar surface area (TPSA) is 271 Å². The maximum absolute atomic E-state index is 14.7. The lowest BCUT2D eigenvalue weighted by Crippen LogP contribution is -2.61. The Morgan fingerprint density at radius 2 is 1.46 bits per heavy atom. The van der Waals surface area contributed by atoms with Gasteiger partial charge < -0.3 is 54.5 Å². The number of carbonyl (C=O) groups excluding carboxylic acids is 8. The van der Waals surface area contributed by atoms with Crippen molar-refractivity contribution in [3.8, 4) is 0 Å². The van der Waals surface area contributed by atoms with Crippen LogP contribution in [0.3, 0.4) is 0 Å². The highest BCUT2D eigenvalue weighted by Crippen LogP contribution is 2.42. The molecular weight excluding hydrogens is 1410 g/mol. The summed E-state index contributed by atoms with van der Waals surface area (Å²) in [6.45, 7) is 14.9. The molecule has 3 aliphatic heterocycles. The first-order valence-corrected chi connectivity index (χ1v) is 31.9. The van der Waals surface area contributed by atoms with Gasteiger partial charge in [-0.15, -0.1) is 0 Å². The number of allylic oxidation sites excluding steroid dienone is 6. The second-order valence-electron chi connectivity index (χ2n) is 23.2. The Hall–Kier alpha value is -3.51. The third-order valence-corrected chi connectivity index (χ3v) is 19.8. The summed E-state index contributed by atoms with van der Waals surface area (Å²) in [5.41, 5.74) is 1.79. The van der Waals surface area contributed by atoms with Gasteiger partial charge in [-0.05, 0) is 175 Å². The number of nitrogens with zero attached hydrogens (tertiary/aromatic N) is 1. The summed E-state index contributed by atoms with van der Waals surface area (Å²) >= 11 is 5.97. The van der Waals surface area contributed by atoms with Crippen LogP contribution in [-0.2, 0) is 57.2 Å². The van der Waals surface area contributed by atoms with E-state index in [0.29, 0.717) is 91.0 Å². The van der Waals surface area contributed by atoms with E-state index in [1.807, 2.05) is 93.8 Å². The van der Waals surface area contributed by atoms with Crippen molar-refractivity contribution in [1.29, 1.82) is 0 Å². The summed E-state index contributed by atoms with van der Waals surface area (Å²) in [5, 5.41) is 40.3. The van der Waals surface area contributed by atoms with Crippen molar-refractivity contribution < 1.29 is 77.4 Å². The number of Topliss-reactive ketones (excluding diaryl/α,β-unsaturated/α-hetero) is 3. The zero-order valence-corrected chi connectivity index (χ0v) is 55.9. The number of piperidine rings is 1. The van der Waals surface area contributed by atoms with Crippen molar-refractivity contribution in [1.82, 2.24) is 4.90 Å². The Bertz CT molecular complexity index is 2650. The highest BCUT2D eigenvalue weighted by molar-refractivity contribution is 14.1. The maximum atomic E-state index is 14.7. The van der Waals surface area contributed by atoms with E-state index in [1.165, 1.54) is 28.1 Å². The zero-order chi connectivity index (χ0) is 61.8. The van der Waals surface area contributed by atoms with Crippen molar-refractivity contribution in [2.75, 3.05) is 31.4 Å². The second kappa shape index (κ2) is 31.9. The van der Waals surface area contributed by atoms with E-state index in [2.05, 4.69) is 10.6 Å². The van der Waals surface area contributed by atoms with Gasteiger partial charge in [0.05, 0.1) is 46.0 Å². The molecule has 0 spiro atoms. The van der Waals surface area contributed by atoms with Crippen LogP contribution in [0.4, 0.5) is 11.4 Å². The average Bonchev–Trinajstić information content (AvgIpc) is 2.61. The van der Waals surface area contributed by atoms with Gasteiger partial charge in [0.25, 0.3) is 11.7 Å². The number of anilines is 2. The molecule has 5 rings (SSSR count). The Balaban J connectivity index is 1.45. The van der Waals surface area contributed by atoms with Crippen LogP contribution in [0.25, 0.3) is 0 Å². The first kappa shape index (κ1) is 70.3. The van der Waals surface area contributed by atoms with Gasteiger partial charge in [0, 0.05) is 65.2 Å². The number of nitrogens with one attached hydrogen (secondary N) is 2. The molecule has 5 N–H and O–H groups in total. The van der Waals surface area contributed by atoms with Crippen molar-refractivity contribution in [2.45, 2.75) is 194 Å². The molecule has 1 aromatic rings.